The maximum atomic E-state index is 7.32. The molecule has 12 nitrogen and oxygen atoms in total. The molecule has 0 heterocycles. The Labute approximate surface area is 333 Å². The molecule has 320 valence electrons. The third kappa shape index (κ3) is 7.51. The number of hydrogen-bond acceptors (Lipinski definition) is 12. The fourth-order valence-electron chi connectivity index (χ4n) is 9.23. The van der Waals surface area contributed by atoms with Crippen molar-refractivity contribution in [3.8, 4) is 0 Å². The highest BCUT2D eigenvalue weighted by Crippen LogP contribution is 2.68. The largest absolute Gasteiger partial charge is 0.500 e. The molecular formula is C43H76O12. The first-order chi connectivity index (χ1) is 26.3. The van der Waals surface area contributed by atoms with E-state index in [0.717, 1.165) is 0 Å². The van der Waals surface area contributed by atoms with Gasteiger partial charge >= 0.3 is 0 Å². The highest BCUT2D eigenvalue weighted by molar-refractivity contribution is 5.42. The molecule has 0 aliphatic heterocycles. The van der Waals surface area contributed by atoms with Gasteiger partial charge in [-0.25, -0.2) is 0 Å². The third-order valence-corrected chi connectivity index (χ3v) is 10.7. The standard InChI is InChI=1S/C43H76O12/c1-17-29-33-35(44-15)31-38(46-19-3,42(52-25-9,53-26-10)40(33,48-21-5)49-22-6)37(13,14)39(47-20-4)32-36(45-16)34(30-18-2)41(50-23-7,51-24-8)43(39,54-27-11)55-28-12/h17-18,29-34H,19-28H2,1-16H3. The molecule has 0 saturated carbocycles. The maximum absolute atomic E-state index is 7.32. The molecule has 0 aromatic rings. The van der Waals surface area contributed by atoms with Gasteiger partial charge in [0.2, 0.25) is 11.6 Å². The molecule has 12 heteroatoms. The molecule has 0 amide bonds. The van der Waals surface area contributed by atoms with Crippen LogP contribution >= 0.6 is 0 Å². The molecule has 2 aliphatic rings. The van der Waals surface area contributed by atoms with Crippen LogP contribution < -0.4 is 0 Å². The van der Waals surface area contributed by atoms with Gasteiger partial charge in [0.15, 0.2) is 11.2 Å². The van der Waals surface area contributed by atoms with Crippen LogP contribution in [-0.2, 0) is 56.8 Å². The average Bonchev–Trinajstić information content (AvgIpc) is 3.15. The number of allylic oxidation sites excluding steroid dienone is 2. The first-order valence-electron chi connectivity index (χ1n) is 20.5. The van der Waals surface area contributed by atoms with Gasteiger partial charge in [-0.05, 0) is 95.2 Å². The van der Waals surface area contributed by atoms with Crippen molar-refractivity contribution >= 4 is 0 Å². The Hall–Kier alpha value is -1.84. The summed E-state index contributed by atoms with van der Waals surface area (Å²) in [5.41, 5.74) is -4.79. The zero-order chi connectivity index (χ0) is 41.6. The molecule has 4 unspecified atom stereocenters. The second-order valence-electron chi connectivity index (χ2n) is 13.5. The van der Waals surface area contributed by atoms with Gasteiger partial charge in [-0.3, -0.25) is 0 Å². The molecule has 0 saturated heterocycles. The zero-order valence-electron chi connectivity index (χ0n) is 37.1. The normalized spacial score (nSPS) is 27.3. The van der Waals surface area contributed by atoms with Gasteiger partial charge in [-0.2, -0.15) is 0 Å². The van der Waals surface area contributed by atoms with Crippen molar-refractivity contribution in [2.24, 2.45) is 17.3 Å². The van der Waals surface area contributed by atoms with Gasteiger partial charge in [0.1, 0.15) is 11.5 Å². The van der Waals surface area contributed by atoms with E-state index in [2.05, 4.69) is 0 Å². The second-order valence-corrected chi connectivity index (χ2v) is 13.5. The summed E-state index contributed by atoms with van der Waals surface area (Å²) in [6.45, 7) is 29.3. The van der Waals surface area contributed by atoms with Crippen molar-refractivity contribution in [3.05, 3.63) is 48.0 Å². The molecule has 55 heavy (non-hydrogen) atoms. The van der Waals surface area contributed by atoms with Crippen molar-refractivity contribution < 1.29 is 56.8 Å². The van der Waals surface area contributed by atoms with E-state index >= 15 is 0 Å². The van der Waals surface area contributed by atoms with Gasteiger partial charge in [0.05, 0.1) is 26.1 Å². The highest BCUT2D eigenvalue weighted by Gasteiger charge is 2.86. The van der Waals surface area contributed by atoms with Crippen LogP contribution in [0.1, 0.15) is 96.9 Å². The van der Waals surface area contributed by atoms with Crippen LogP contribution in [-0.4, -0.2) is 115 Å². The summed E-state index contributed by atoms with van der Waals surface area (Å²) in [4.78, 5) is 0. The van der Waals surface area contributed by atoms with E-state index in [1.807, 2.05) is 133 Å². The molecule has 0 bridgehead atoms. The minimum absolute atomic E-state index is 0.194. The van der Waals surface area contributed by atoms with Gasteiger partial charge in [0.25, 0.3) is 11.6 Å². The molecule has 0 aromatic heterocycles. The molecule has 0 radical (unpaired) electrons. The van der Waals surface area contributed by atoms with Gasteiger partial charge < -0.3 is 56.8 Å². The van der Waals surface area contributed by atoms with Crippen LogP contribution in [0.4, 0.5) is 0 Å². The lowest BCUT2D eigenvalue weighted by Gasteiger charge is -2.70. The summed E-state index contributed by atoms with van der Waals surface area (Å²) in [6, 6.07) is 0. The molecule has 2 rings (SSSR count). The minimum Gasteiger partial charge on any atom is -0.500 e. The summed E-state index contributed by atoms with van der Waals surface area (Å²) >= 11 is 0. The fourth-order valence-corrected chi connectivity index (χ4v) is 9.23. The van der Waals surface area contributed by atoms with Crippen molar-refractivity contribution in [3.63, 3.8) is 0 Å². The smallest absolute Gasteiger partial charge is 0.259 e. The van der Waals surface area contributed by atoms with E-state index in [9.17, 15) is 0 Å². The van der Waals surface area contributed by atoms with Crippen LogP contribution in [0.15, 0.2) is 48.0 Å². The summed E-state index contributed by atoms with van der Waals surface area (Å²) < 4.78 is 83.6. The van der Waals surface area contributed by atoms with E-state index in [0.29, 0.717) is 11.5 Å². The Balaban J connectivity index is 3.71. The molecule has 0 fully saturated rings. The average molecular weight is 785 g/mol. The Bertz CT molecular complexity index is 1160. The minimum atomic E-state index is -1.85. The fraction of sp³-hybridized carbons (Fsp3) is 0.814. The quantitative estimate of drug-likeness (QED) is 0.0624. The Morgan fingerprint density at radius 3 is 0.909 bits per heavy atom. The van der Waals surface area contributed by atoms with E-state index in [4.69, 9.17) is 56.8 Å². The van der Waals surface area contributed by atoms with Gasteiger partial charge in [-0.15, -0.1) is 0 Å². The molecule has 4 atom stereocenters. The summed E-state index contributed by atoms with van der Waals surface area (Å²) in [6.07, 6.45) is 11.8. The molecular weight excluding hydrogens is 708 g/mol. The lowest BCUT2D eigenvalue weighted by molar-refractivity contribution is -0.503. The second kappa shape index (κ2) is 21.2. The number of methoxy groups -OCH3 is 2. The van der Waals surface area contributed by atoms with Gasteiger partial charge in [-0.1, -0.05) is 38.2 Å². The molecule has 0 spiro atoms. The lowest BCUT2D eigenvalue weighted by atomic mass is 9.50. The van der Waals surface area contributed by atoms with E-state index < -0.39 is 51.6 Å². The van der Waals surface area contributed by atoms with Crippen molar-refractivity contribution in [2.45, 2.75) is 131 Å². The predicted octanol–water partition coefficient (Wildman–Crippen LogP) is 8.11. The Morgan fingerprint density at radius 2 is 0.709 bits per heavy atom. The lowest BCUT2D eigenvalue weighted by Crippen LogP contribution is -2.87. The van der Waals surface area contributed by atoms with Crippen molar-refractivity contribution in [1.82, 2.24) is 0 Å². The van der Waals surface area contributed by atoms with Gasteiger partial charge in [0, 0.05) is 71.5 Å². The van der Waals surface area contributed by atoms with Crippen molar-refractivity contribution in [1.29, 1.82) is 0 Å². The van der Waals surface area contributed by atoms with Crippen LogP contribution in [0.25, 0.3) is 0 Å². The zero-order valence-corrected chi connectivity index (χ0v) is 37.1. The topological polar surface area (TPSA) is 111 Å². The molecule has 0 N–H and O–H groups in total. The maximum Gasteiger partial charge on any atom is 0.259 e. The van der Waals surface area contributed by atoms with E-state index in [1.165, 1.54) is 0 Å². The number of rotatable bonds is 26. The first kappa shape index (κ1) is 49.3. The summed E-state index contributed by atoms with van der Waals surface area (Å²) in [7, 11) is 3.26. The van der Waals surface area contributed by atoms with E-state index in [1.54, 1.807) is 14.2 Å². The van der Waals surface area contributed by atoms with Crippen LogP contribution in [0.5, 0.6) is 0 Å². The Kier molecular flexibility index (Phi) is 19.0. The van der Waals surface area contributed by atoms with Crippen LogP contribution in [0.2, 0.25) is 0 Å². The van der Waals surface area contributed by atoms with E-state index in [-0.39, 0.29) is 66.1 Å². The number of hydrogen-bond donors (Lipinski definition) is 0. The molecule has 0 aromatic carbocycles. The highest BCUT2D eigenvalue weighted by atomic mass is 16.8. The first-order valence-corrected chi connectivity index (χ1v) is 20.5. The van der Waals surface area contributed by atoms with Crippen molar-refractivity contribution in [2.75, 3.05) is 80.3 Å². The Morgan fingerprint density at radius 1 is 0.455 bits per heavy atom. The third-order valence-electron chi connectivity index (χ3n) is 10.7. The summed E-state index contributed by atoms with van der Waals surface area (Å²) in [5, 5.41) is 0. The monoisotopic (exact) mass is 785 g/mol. The SMILES string of the molecule is CC=CC1C(OC)=CC(OCC)(C(C)(C)C2(OCC)C=C(OC)C(C=CC)C(OCC)(OCC)C2(OCC)OCC)C(OCC)(OCC)C1(OCC)OCC. The summed E-state index contributed by atoms with van der Waals surface area (Å²) in [5.74, 6) is -7.31. The number of ether oxygens (including phenoxy) is 12. The molecule has 2 aliphatic carbocycles. The predicted molar refractivity (Wildman–Crippen MR) is 213 cm³/mol. The van der Waals surface area contributed by atoms with Crippen LogP contribution in [0.3, 0.4) is 0 Å². The van der Waals surface area contributed by atoms with Crippen LogP contribution in [0, 0.1) is 17.3 Å².